The molecule has 0 aliphatic carbocycles. The van der Waals surface area contributed by atoms with Crippen molar-refractivity contribution in [2.45, 2.75) is 11.7 Å². The zero-order valence-corrected chi connectivity index (χ0v) is 12.2. The van der Waals surface area contributed by atoms with Crippen LogP contribution in [0.3, 0.4) is 0 Å². The Labute approximate surface area is 129 Å². The van der Waals surface area contributed by atoms with Gasteiger partial charge in [0.2, 0.25) is 16.9 Å². The third kappa shape index (κ3) is 3.14. The molecule has 0 bridgehead atoms. The summed E-state index contributed by atoms with van der Waals surface area (Å²) >= 11 is 1.19. The summed E-state index contributed by atoms with van der Waals surface area (Å²) in [5.74, 6) is 7.54. The number of thioether (sulfide) groups is 1. The maximum atomic E-state index is 11.8. The Hall–Kier alpha value is -2.68. The molecule has 9 heteroatoms. The molecule has 114 valence electrons. The molecule has 0 saturated carbocycles. The number of aromatic nitrogens is 3. The molecule has 0 aliphatic rings. The van der Waals surface area contributed by atoms with Crippen LogP contribution in [-0.4, -0.2) is 26.5 Å². The first-order valence-electron chi connectivity index (χ1n) is 6.40. The Balaban J connectivity index is 1.54. The number of nitrogens with two attached hydrogens (primary N) is 1. The van der Waals surface area contributed by atoms with Gasteiger partial charge in [-0.2, -0.15) is 0 Å². The third-order valence-electron chi connectivity index (χ3n) is 2.78. The Morgan fingerprint density at radius 3 is 2.82 bits per heavy atom. The lowest BCUT2D eigenvalue weighted by Crippen LogP contribution is -2.24. The number of nitrogen functional groups attached to an aromatic ring is 1. The smallest absolute Gasteiger partial charge is 0.230 e. The molecule has 0 saturated heterocycles. The Morgan fingerprint density at radius 1 is 1.27 bits per heavy atom. The second-order valence-corrected chi connectivity index (χ2v) is 5.24. The minimum absolute atomic E-state index is 0.149. The highest BCUT2D eigenvalue weighted by atomic mass is 32.2. The van der Waals surface area contributed by atoms with Crippen LogP contribution in [0.4, 0.5) is 0 Å². The highest BCUT2D eigenvalue weighted by Crippen LogP contribution is 2.21. The van der Waals surface area contributed by atoms with Crippen LogP contribution in [0.25, 0.3) is 11.6 Å². The quantitative estimate of drug-likeness (QED) is 0.519. The van der Waals surface area contributed by atoms with Crippen LogP contribution < -0.4 is 11.2 Å². The summed E-state index contributed by atoms with van der Waals surface area (Å²) in [4.78, 5) is 11.8. The van der Waals surface area contributed by atoms with Gasteiger partial charge in [-0.05, 0) is 24.3 Å². The fraction of sp³-hybridized carbons (Fsp3) is 0.154. The van der Waals surface area contributed by atoms with Crippen molar-refractivity contribution < 1.29 is 13.6 Å². The summed E-state index contributed by atoms with van der Waals surface area (Å²) < 4.78 is 11.6. The predicted octanol–water partition coefficient (Wildman–Crippen LogP) is 1.25. The fourth-order valence-corrected chi connectivity index (χ4v) is 2.42. The van der Waals surface area contributed by atoms with Crippen molar-refractivity contribution >= 4 is 17.7 Å². The minimum Gasteiger partial charge on any atom is -0.467 e. The Bertz CT molecular complexity index is 736. The van der Waals surface area contributed by atoms with Gasteiger partial charge in [-0.1, -0.05) is 11.8 Å². The van der Waals surface area contributed by atoms with E-state index >= 15 is 0 Å². The minimum atomic E-state index is -0.149. The predicted molar refractivity (Wildman–Crippen MR) is 79.2 cm³/mol. The molecule has 0 radical (unpaired) electrons. The number of carbonyl (C=O) groups excluding carboxylic acids is 1. The van der Waals surface area contributed by atoms with Gasteiger partial charge in [-0.3, -0.25) is 4.79 Å². The second kappa shape index (κ2) is 6.39. The molecule has 3 heterocycles. The van der Waals surface area contributed by atoms with Crippen LogP contribution in [-0.2, 0) is 11.3 Å². The number of amides is 1. The van der Waals surface area contributed by atoms with Crippen molar-refractivity contribution in [3.05, 3.63) is 42.6 Å². The molecule has 3 aromatic heterocycles. The van der Waals surface area contributed by atoms with Crippen LogP contribution in [0.1, 0.15) is 5.76 Å². The van der Waals surface area contributed by atoms with Crippen LogP contribution in [0.2, 0.25) is 0 Å². The number of nitrogens with one attached hydrogen (secondary N) is 1. The highest BCUT2D eigenvalue weighted by molar-refractivity contribution is 7.99. The van der Waals surface area contributed by atoms with E-state index in [4.69, 9.17) is 14.7 Å². The molecule has 0 spiro atoms. The lowest BCUT2D eigenvalue weighted by atomic mass is 10.4. The Morgan fingerprint density at radius 2 is 2.09 bits per heavy atom. The summed E-state index contributed by atoms with van der Waals surface area (Å²) in [6, 6.07) is 7.03. The molecule has 0 aliphatic heterocycles. The van der Waals surface area contributed by atoms with Gasteiger partial charge in [-0.15, -0.1) is 10.2 Å². The second-order valence-electron chi connectivity index (χ2n) is 4.30. The average molecular weight is 319 g/mol. The van der Waals surface area contributed by atoms with E-state index in [2.05, 4.69) is 15.5 Å². The SMILES string of the molecule is Nn1c(SCC(=O)NCc2ccco2)nnc1-c1ccco1. The molecule has 8 nitrogen and oxygen atoms in total. The van der Waals surface area contributed by atoms with E-state index in [9.17, 15) is 4.79 Å². The van der Waals surface area contributed by atoms with Gasteiger partial charge in [0.15, 0.2) is 5.76 Å². The van der Waals surface area contributed by atoms with Crippen molar-refractivity contribution in [3.8, 4) is 11.6 Å². The van der Waals surface area contributed by atoms with Gasteiger partial charge in [0.25, 0.3) is 0 Å². The number of carbonyl (C=O) groups is 1. The number of nitrogens with zero attached hydrogens (tertiary/aromatic N) is 3. The van der Waals surface area contributed by atoms with Crippen molar-refractivity contribution in [3.63, 3.8) is 0 Å². The van der Waals surface area contributed by atoms with Crippen molar-refractivity contribution in [2.24, 2.45) is 0 Å². The summed E-state index contributed by atoms with van der Waals surface area (Å²) in [6.07, 6.45) is 3.09. The molecule has 3 aromatic rings. The molecular weight excluding hydrogens is 306 g/mol. The van der Waals surface area contributed by atoms with E-state index in [0.29, 0.717) is 29.0 Å². The van der Waals surface area contributed by atoms with E-state index in [1.807, 2.05) is 0 Å². The topological polar surface area (TPSA) is 112 Å². The zero-order chi connectivity index (χ0) is 15.4. The fourth-order valence-electron chi connectivity index (χ4n) is 1.73. The number of hydrogen-bond donors (Lipinski definition) is 2. The number of furan rings is 2. The first-order valence-corrected chi connectivity index (χ1v) is 7.39. The molecule has 0 unspecified atom stereocenters. The molecular formula is C13H13N5O3S. The van der Waals surface area contributed by atoms with Gasteiger partial charge < -0.3 is 20.0 Å². The monoisotopic (exact) mass is 319 g/mol. The summed E-state index contributed by atoms with van der Waals surface area (Å²) in [5.41, 5.74) is 0. The van der Waals surface area contributed by atoms with E-state index < -0.39 is 0 Å². The van der Waals surface area contributed by atoms with Crippen molar-refractivity contribution in [2.75, 3.05) is 11.6 Å². The molecule has 3 rings (SSSR count). The van der Waals surface area contributed by atoms with Gasteiger partial charge >= 0.3 is 0 Å². The standard InChI is InChI=1S/C13H13N5O3S/c14-18-12(10-4-2-6-21-10)16-17-13(18)22-8-11(19)15-7-9-3-1-5-20-9/h1-6H,7-8,14H2,(H,15,19). The Kier molecular flexibility index (Phi) is 4.15. The normalized spacial score (nSPS) is 10.7. The van der Waals surface area contributed by atoms with Gasteiger partial charge in [-0.25, -0.2) is 4.68 Å². The molecule has 22 heavy (non-hydrogen) atoms. The molecule has 1 amide bonds. The summed E-state index contributed by atoms with van der Waals surface area (Å²) in [5, 5.41) is 11.1. The van der Waals surface area contributed by atoms with Gasteiger partial charge in [0.05, 0.1) is 24.8 Å². The van der Waals surface area contributed by atoms with Crippen LogP contribution in [0.15, 0.2) is 50.8 Å². The van der Waals surface area contributed by atoms with E-state index in [-0.39, 0.29) is 11.7 Å². The lowest BCUT2D eigenvalue weighted by Gasteiger charge is -2.03. The molecule has 0 atom stereocenters. The molecule has 3 N–H and O–H groups in total. The maximum Gasteiger partial charge on any atom is 0.230 e. The van der Waals surface area contributed by atoms with Gasteiger partial charge in [0, 0.05) is 0 Å². The molecule has 0 fully saturated rings. The molecule has 0 aromatic carbocycles. The average Bonchev–Trinajstić information content (AvgIpc) is 3.25. The zero-order valence-electron chi connectivity index (χ0n) is 11.4. The van der Waals surface area contributed by atoms with Crippen molar-refractivity contribution in [1.29, 1.82) is 0 Å². The number of rotatable bonds is 6. The first kappa shape index (κ1) is 14.3. The third-order valence-corrected chi connectivity index (χ3v) is 3.72. The van der Waals surface area contributed by atoms with E-state index in [1.54, 1.807) is 30.5 Å². The van der Waals surface area contributed by atoms with E-state index in [0.717, 1.165) is 0 Å². The van der Waals surface area contributed by atoms with Gasteiger partial charge in [0.1, 0.15) is 5.76 Å². The highest BCUT2D eigenvalue weighted by Gasteiger charge is 2.15. The van der Waals surface area contributed by atoms with Crippen molar-refractivity contribution in [1.82, 2.24) is 20.2 Å². The van der Waals surface area contributed by atoms with Crippen LogP contribution >= 0.6 is 11.8 Å². The maximum absolute atomic E-state index is 11.8. The van der Waals surface area contributed by atoms with Crippen LogP contribution in [0, 0.1) is 0 Å². The van der Waals surface area contributed by atoms with E-state index in [1.165, 1.54) is 22.7 Å². The first-order chi connectivity index (χ1) is 10.7. The summed E-state index contributed by atoms with van der Waals surface area (Å²) in [6.45, 7) is 0.347. The summed E-state index contributed by atoms with van der Waals surface area (Å²) in [7, 11) is 0. The van der Waals surface area contributed by atoms with Crippen LogP contribution in [0.5, 0.6) is 0 Å². The lowest BCUT2D eigenvalue weighted by molar-refractivity contribution is -0.118. The largest absolute Gasteiger partial charge is 0.467 e. The number of hydrogen-bond acceptors (Lipinski definition) is 7.